The molecule has 0 aliphatic rings. The molecule has 3 aromatic carbocycles. The maximum atomic E-state index is 14.2. The van der Waals surface area contributed by atoms with Crippen LogP contribution in [0.25, 0.3) is 0 Å². The fourth-order valence-corrected chi connectivity index (χ4v) is 6.31. The lowest BCUT2D eigenvalue weighted by molar-refractivity contribution is -0.385. The number of anilines is 1. The van der Waals surface area contributed by atoms with Gasteiger partial charge in [-0.3, -0.25) is 24.0 Å². The van der Waals surface area contributed by atoms with Gasteiger partial charge in [0, 0.05) is 29.7 Å². The van der Waals surface area contributed by atoms with Crippen LogP contribution in [0.4, 0.5) is 11.4 Å². The van der Waals surface area contributed by atoms with Crippen molar-refractivity contribution in [3.63, 3.8) is 0 Å². The highest BCUT2D eigenvalue weighted by Crippen LogP contribution is 2.36. The number of methoxy groups -OCH3 is 1. The van der Waals surface area contributed by atoms with Crippen LogP contribution in [0, 0.1) is 17.0 Å². The van der Waals surface area contributed by atoms with Crippen LogP contribution in [-0.2, 0) is 26.0 Å². The minimum Gasteiger partial charge on any atom is -0.495 e. The molecule has 0 aliphatic heterocycles. The highest BCUT2D eigenvalue weighted by atomic mass is 35.5. The van der Waals surface area contributed by atoms with E-state index >= 15 is 0 Å². The van der Waals surface area contributed by atoms with Crippen LogP contribution < -0.4 is 14.4 Å². The monoisotopic (exact) mass is 644 g/mol. The molecule has 236 valence electrons. The van der Waals surface area contributed by atoms with E-state index in [1.54, 1.807) is 6.92 Å². The molecular weight excluding hydrogens is 608 g/mol. The Hall–Kier alpha value is -4.16. The fraction of sp³-hybridized carbons (Fsp3) is 0.355. The molecule has 0 aliphatic carbocycles. The third-order valence-electron chi connectivity index (χ3n) is 7.07. The largest absolute Gasteiger partial charge is 0.495 e. The second-order valence-corrected chi connectivity index (χ2v) is 12.4. The lowest BCUT2D eigenvalue weighted by Crippen LogP contribution is -2.53. The van der Waals surface area contributed by atoms with E-state index in [-0.39, 0.29) is 40.9 Å². The van der Waals surface area contributed by atoms with Crippen LogP contribution in [-0.4, -0.2) is 62.8 Å². The molecule has 0 saturated heterocycles. The molecule has 3 rings (SSSR count). The van der Waals surface area contributed by atoms with Gasteiger partial charge in [0.2, 0.25) is 11.8 Å². The maximum Gasteiger partial charge on any atom is 0.273 e. The van der Waals surface area contributed by atoms with Gasteiger partial charge < -0.3 is 15.0 Å². The normalized spacial score (nSPS) is 11.8. The summed E-state index contributed by atoms with van der Waals surface area (Å²) in [5.74, 6) is -0.887. The highest BCUT2D eigenvalue weighted by molar-refractivity contribution is 7.92. The molecule has 0 saturated carbocycles. The summed E-state index contributed by atoms with van der Waals surface area (Å²) >= 11 is 6.27. The third-order valence-corrected chi connectivity index (χ3v) is 9.06. The number of aryl methyl sites for hydroxylation is 1. The van der Waals surface area contributed by atoms with Crippen molar-refractivity contribution in [3.05, 3.63) is 93.0 Å². The number of nitro benzene ring substituents is 1. The molecule has 0 radical (unpaired) electrons. The number of sulfonamides is 1. The Morgan fingerprint density at radius 2 is 1.77 bits per heavy atom. The van der Waals surface area contributed by atoms with Crippen molar-refractivity contribution in [3.8, 4) is 5.75 Å². The number of amides is 2. The van der Waals surface area contributed by atoms with Crippen molar-refractivity contribution in [2.45, 2.75) is 51.0 Å². The van der Waals surface area contributed by atoms with Crippen molar-refractivity contribution in [2.75, 3.05) is 31.0 Å². The first-order valence-corrected chi connectivity index (χ1v) is 16.0. The van der Waals surface area contributed by atoms with E-state index in [0.29, 0.717) is 19.4 Å². The number of nitrogens with zero attached hydrogens (tertiary/aromatic N) is 3. The summed E-state index contributed by atoms with van der Waals surface area (Å²) in [5.41, 5.74) is 0.775. The van der Waals surface area contributed by atoms with Crippen molar-refractivity contribution in [1.82, 2.24) is 10.2 Å². The van der Waals surface area contributed by atoms with E-state index in [0.717, 1.165) is 15.9 Å². The lowest BCUT2D eigenvalue weighted by Gasteiger charge is -2.33. The van der Waals surface area contributed by atoms with Crippen LogP contribution in [0.2, 0.25) is 5.02 Å². The Bertz CT molecular complexity index is 1590. The van der Waals surface area contributed by atoms with E-state index in [9.17, 15) is 28.1 Å². The summed E-state index contributed by atoms with van der Waals surface area (Å²) in [6, 6.07) is 16.4. The Kier molecular flexibility index (Phi) is 12.1. The zero-order valence-corrected chi connectivity index (χ0v) is 26.7. The summed E-state index contributed by atoms with van der Waals surface area (Å²) < 4.78 is 34.7. The van der Waals surface area contributed by atoms with Gasteiger partial charge in [-0.25, -0.2) is 8.42 Å². The first kappa shape index (κ1) is 34.3. The second kappa shape index (κ2) is 15.5. The van der Waals surface area contributed by atoms with Gasteiger partial charge in [-0.05, 0) is 56.0 Å². The Morgan fingerprint density at radius 3 is 2.39 bits per heavy atom. The Labute approximate surface area is 263 Å². The molecule has 1 N–H and O–H groups in total. The topological polar surface area (TPSA) is 139 Å². The number of carbonyl (C=O) groups excluding carboxylic acids is 2. The van der Waals surface area contributed by atoms with Gasteiger partial charge in [-0.15, -0.1) is 0 Å². The predicted octanol–water partition coefficient (Wildman–Crippen LogP) is 5.14. The number of nitrogens with one attached hydrogen (secondary N) is 1. The molecule has 0 bridgehead atoms. The molecule has 0 fully saturated rings. The zero-order valence-electron chi connectivity index (χ0n) is 25.2. The Balaban J connectivity index is 2.13. The SMILES string of the molecule is CCCNC(=O)[C@H](CC)N(CCc1ccccc1)C(=O)CN(c1cc(Cl)ccc1OC)S(=O)(=O)c1ccc(C)c([N+](=O)[O-])c1. The summed E-state index contributed by atoms with van der Waals surface area (Å²) in [6.07, 6.45) is 1.40. The molecule has 0 spiro atoms. The van der Waals surface area contributed by atoms with Gasteiger partial charge in [-0.1, -0.05) is 61.8 Å². The minimum atomic E-state index is -4.60. The van der Waals surface area contributed by atoms with E-state index in [2.05, 4.69) is 5.32 Å². The van der Waals surface area contributed by atoms with Gasteiger partial charge in [0.25, 0.3) is 15.7 Å². The molecule has 13 heteroatoms. The number of halogens is 1. The highest BCUT2D eigenvalue weighted by Gasteiger charge is 2.35. The third kappa shape index (κ3) is 8.26. The molecule has 44 heavy (non-hydrogen) atoms. The van der Waals surface area contributed by atoms with Gasteiger partial charge in [0.1, 0.15) is 18.3 Å². The van der Waals surface area contributed by atoms with Gasteiger partial charge in [0.05, 0.1) is 22.6 Å². The summed E-state index contributed by atoms with van der Waals surface area (Å²) in [7, 11) is -3.26. The van der Waals surface area contributed by atoms with Crippen LogP contribution in [0.5, 0.6) is 5.75 Å². The van der Waals surface area contributed by atoms with Crippen molar-refractivity contribution < 1.29 is 27.7 Å². The van der Waals surface area contributed by atoms with E-state index in [4.69, 9.17) is 16.3 Å². The number of hydrogen-bond acceptors (Lipinski definition) is 7. The number of rotatable bonds is 15. The quantitative estimate of drug-likeness (QED) is 0.179. The van der Waals surface area contributed by atoms with Gasteiger partial charge in [-0.2, -0.15) is 0 Å². The van der Waals surface area contributed by atoms with Gasteiger partial charge >= 0.3 is 0 Å². The van der Waals surface area contributed by atoms with E-state index in [1.807, 2.05) is 37.3 Å². The van der Waals surface area contributed by atoms with Crippen LogP contribution in [0.3, 0.4) is 0 Å². The number of ether oxygens (including phenoxy) is 1. The number of hydrogen-bond donors (Lipinski definition) is 1. The fourth-order valence-electron chi connectivity index (χ4n) is 4.71. The summed E-state index contributed by atoms with van der Waals surface area (Å²) in [4.78, 5) is 39.3. The number of nitro groups is 1. The van der Waals surface area contributed by atoms with Crippen LogP contribution in [0.1, 0.15) is 37.8 Å². The van der Waals surface area contributed by atoms with E-state index < -0.39 is 44.0 Å². The number of benzene rings is 3. The first-order valence-electron chi connectivity index (χ1n) is 14.2. The number of carbonyl (C=O) groups is 2. The molecule has 1 atom stereocenters. The van der Waals surface area contributed by atoms with Crippen molar-refractivity contribution in [1.29, 1.82) is 0 Å². The standard InChI is InChI=1S/C31H37ClN4O7S/c1-5-17-33-31(38)26(6-2)34(18-16-23-10-8-7-9-11-23)30(37)21-35(28-19-24(32)13-15-29(28)43-4)44(41,42)25-14-12-22(3)27(20-25)36(39)40/h7-15,19-20,26H,5-6,16-18,21H2,1-4H3,(H,33,38)/t26-/m0/s1. The zero-order chi connectivity index (χ0) is 32.4. The minimum absolute atomic E-state index is 0.0388. The average Bonchev–Trinajstić information content (AvgIpc) is 3.00. The summed E-state index contributed by atoms with van der Waals surface area (Å²) in [5, 5.41) is 14.7. The molecule has 0 heterocycles. The van der Waals surface area contributed by atoms with Gasteiger partial charge in [0.15, 0.2) is 0 Å². The second-order valence-electron chi connectivity index (χ2n) is 10.1. The van der Waals surface area contributed by atoms with E-state index in [1.165, 1.54) is 49.3 Å². The summed E-state index contributed by atoms with van der Waals surface area (Å²) in [6.45, 7) is 5.01. The molecule has 0 unspecified atom stereocenters. The van der Waals surface area contributed by atoms with Crippen LogP contribution in [0.15, 0.2) is 71.6 Å². The molecule has 0 aromatic heterocycles. The lowest BCUT2D eigenvalue weighted by atomic mass is 10.1. The Morgan fingerprint density at radius 1 is 1.07 bits per heavy atom. The average molecular weight is 645 g/mol. The first-order chi connectivity index (χ1) is 20.9. The molecule has 2 amide bonds. The van der Waals surface area contributed by atoms with Crippen LogP contribution >= 0.6 is 11.6 Å². The molecule has 11 nitrogen and oxygen atoms in total. The molecule has 3 aromatic rings. The smallest absolute Gasteiger partial charge is 0.273 e. The van der Waals surface area contributed by atoms with Crippen molar-refractivity contribution >= 4 is 44.8 Å². The van der Waals surface area contributed by atoms with Crippen molar-refractivity contribution in [2.24, 2.45) is 0 Å². The predicted molar refractivity (Wildman–Crippen MR) is 170 cm³/mol. The molecular formula is C31H37ClN4O7S. The maximum absolute atomic E-state index is 14.2.